The summed E-state index contributed by atoms with van der Waals surface area (Å²) >= 11 is 0. The summed E-state index contributed by atoms with van der Waals surface area (Å²) in [5, 5.41) is 6.81. The van der Waals surface area contributed by atoms with Gasteiger partial charge in [0.25, 0.3) is 0 Å². The van der Waals surface area contributed by atoms with Crippen molar-refractivity contribution in [3.05, 3.63) is 29.8 Å². The summed E-state index contributed by atoms with van der Waals surface area (Å²) in [6.45, 7) is 12.3. The molecule has 2 N–H and O–H groups in total. The molecule has 2 fully saturated rings. The summed E-state index contributed by atoms with van der Waals surface area (Å²) in [5.41, 5.74) is 1.07. The smallest absolute Gasteiger partial charge is 0.243 e. The maximum atomic E-state index is 12.7. The Morgan fingerprint density at radius 2 is 1.58 bits per heavy atom. The Bertz CT molecular complexity index is 824. The summed E-state index contributed by atoms with van der Waals surface area (Å²) in [6.07, 6.45) is 5.78. The van der Waals surface area contributed by atoms with Gasteiger partial charge >= 0.3 is 0 Å². The third-order valence-corrected chi connectivity index (χ3v) is 8.20. The van der Waals surface area contributed by atoms with Gasteiger partial charge in [-0.2, -0.15) is 4.31 Å². The highest BCUT2D eigenvalue weighted by Crippen LogP contribution is 2.22. The van der Waals surface area contributed by atoms with Gasteiger partial charge in [-0.05, 0) is 77.2 Å². The van der Waals surface area contributed by atoms with Crippen molar-refractivity contribution in [1.82, 2.24) is 19.8 Å². The molecular weight excluding hydrogens is 410 g/mol. The predicted octanol–water partition coefficient (Wildman–Crippen LogP) is 2.79. The summed E-state index contributed by atoms with van der Waals surface area (Å²) in [4.78, 5) is 7.65. The highest BCUT2D eigenvalue weighted by molar-refractivity contribution is 7.89. The van der Waals surface area contributed by atoms with Crippen molar-refractivity contribution in [2.45, 2.75) is 69.9 Å². The number of hydrogen-bond acceptors (Lipinski definition) is 4. The van der Waals surface area contributed by atoms with Crippen LogP contribution in [0, 0.1) is 0 Å². The lowest BCUT2D eigenvalue weighted by Crippen LogP contribution is -2.54. The average Bonchev–Trinajstić information content (AvgIpc) is 3.33. The number of likely N-dealkylation sites (tertiary alicyclic amines) is 1. The van der Waals surface area contributed by atoms with Gasteiger partial charge in [0.1, 0.15) is 0 Å². The Labute approximate surface area is 188 Å². The quantitative estimate of drug-likeness (QED) is 0.471. The number of benzene rings is 1. The number of sulfonamides is 1. The predicted molar refractivity (Wildman–Crippen MR) is 127 cm³/mol. The van der Waals surface area contributed by atoms with E-state index >= 15 is 0 Å². The van der Waals surface area contributed by atoms with Gasteiger partial charge in [-0.3, -0.25) is 4.90 Å². The van der Waals surface area contributed by atoms with Gasteiger partial charge in [0.15, 0.2) is 5.96 Å². The van der Waals surface area contributed by atoms with Gasteiger partial charge in [-0.25, -0.2) is 13.4 Å². The second-order valence-electron chi connectivity index (χ2n) is 9.16. The molecule has 0 radical (unpaired) electrons. The molecule has 0 amide bonds. The minimum absolute atomic E-state index is 0.0716. The van der Waals surface area contributed by atoms with Crippen molar-refractivity contribution in [2.24, 2.45) is 4.99 Å². The Balaban J connectivity index is 1.59. The standard InChI is InChI=1S/C23H39N5O2S/c1-4-24-22(26-19-23(2,3)27-14-6-5-7-15-27)25-18-20-10-12-21(13-11-20)31(29,30)28-16-8-9-17-28/h10-13H,4-9,14-19H2,1-3H3,(H2,24,25,26). The zero-order valence-electron chi connectivity index (χ0n) is 19.4. The van der Waals surface area contributed by atoms with E-state index in [1.165, 1.54) is 19.3 Å². The molecule has 0 bridgehead atoms. The zero-order valence-corrected chi connectivity index (χ0v) is 20.2. The molecular formula is C23H39N5O2S. The van der Waals surface area contributed by atoms with Gasteiger partial charge in [0, 0.05) is 31.7 Å². The van der Waals surface area contributed by atoms with Crippen LogP contribution in [0.1, 0.15) is 58.4 Å². The van der Waals surface area contributed by atoms with Crippen LogP contribution in [0.3, 0.4) is 0 Å². The van der Waals surface area contributed by atoms with Gasteiger partial charge in [-0.1, -0.05) is 18.6 Å². The van der Waals surface area contributed by atoms with E-state index < -0.39 is 10.0 Å². The minimum Gasteiger partial charge on any atom is -0.357 e. The molecule has 7 nitrogen and oxygen atoms in total. The lowest BCUT2D eigenvalue weighted by atomic mass is 9.98. The molecule has 2 aliphatic heterocycles. The maximum Gasteiger partial charge on any atom is 0.243 e. The Kier molecular flexibility index (Phi) is 8.36. The number of nitrogens with one attached hydrogen (secondary N) is 2. The summed E-state index contributed by atoms with van der Waals surface area (Å²) < 4.78 is 26.9. The highest BCUT2D eigenvalue weighted by Gasteiger charge is 2.28. The molecule has 0 aromatic heterocycles. The number of rotatable bonds is 8. The Hall–Kier alpha value is -1.64. The molecule has 1 aromatic rings. The van der Waals surface area contributed by atoms with Crippen LogP contribution in [0.4, 0.5) is 0 Å². The van der Waals surface area contributed by atoms with E-state index in [0.717, 1.165) is 50.5 Å². The summed E-state index contributed by atoms with van der Waals surface area (Å²) in [7, 11) is -3.36. The van der Waals surface area contributed by atoms with Crippen LogP contribution in [-0.4, -0.2) is 68.4 Å². The molecule has 2 heterocycles. The fourth-order valence-corrected chi connectivity index (χ4v) is 5.78. The van der Waals surface area contributed by atoms with Crippen LogP contribution in [0.5, 0.6) is 0 Å². The van der Waals surface area contributed by atoms with Crippen LogP contribution in [0.25, 0.3) is 0 Å². The van der Waals surface area contributed by atoms with Crippen molar-refractivity contribution in [2.75, 3.05) is 39.3 Å². The van der Waals surface area contributed by atoms with Gasteiger partial charge < -0.3 is 10.6 Å². The third-order valence-electron chi connectivity index (χ3n) is 6.29. The van der Waals surface area contributed by atoms with E-state index in [2.05, 4.69) is 36.3 Å². The first-order valence-electron chi connectivity index (χ1n) is 11.7. The fourth-order valence-electron chi connectivity index (χ4n) is 4.27. The van der Waals surface area contributed by atoms with E-state index in [9.17, 15) is 8.42 Å². The average molecular weight is 450 g/mol. The van der Waals surface area contributed by atoms with E-state index in [4.69, 9.17) is 4.99 Å². The molecule has 0 spiro atoms. The number of hydrogen-bond donors (Lipinski definition) is 2. The Morgan fingerprint density at radius 3 is 2.19 bits per heavy atom. The summed E-state index contributed by atoms with van der Waals surface area (Å²) in [6, 6.07) is 7.15. The molecule has 0 aliphatic carbocycles. The molecule has 2 aliphatic rings. The van der Waals surface area contributed by atoms with Crippen LogP contribution in [0.2, 0.25) is 0 Å². The molecule has 0 saturated carbocycles. The van der Waals surface area contributed by atoms with Gasteiger partial charge in [-0.15, -0.1) is 0 Å². The molecule has 8 heteroatoms. The molecule has 2 saturated heterocycles. The second-order valence-corrected chi connectivity index (χ2v) is 11.1. The minimum atomic E-state index is -3.36. The van der Waals surface area contributed by atoms with Gasteiger partial charge in [0.05, 0.1) is 11.4 Å². The third kappa shape index (κ3) is 6.43. The SMILES string of the molecule is CCNC(=NCc1ccc(S(=O)(=O)N2CCCC2)cc1)NCC(C)(C)N1CCCCC1. The molecule has 3 rings (SSSR count). The largest absolute Gasteiger partial charge is 0.357 e. The number of aliphatic imine (C=N–C) groups is 1. The first-order valence-corrected chi connectivity index (χ1v) is 13.1. The van der Waals surface area contributed by atoms with E-state index in [-0.39, 0.29) is 5.54 Å². The van der Waals surface area contributed by atoms with Crippen molar-refractivity contribution < 1.29 is 8.42 Å². The molecule has 0 atom stereocenters. The van der Waals surface area contributed by atoms with Crippen LogP contribution in [-0.2, 0) is 16.6 Å². The topological polar surface area (TPSA) is 77.0 Å². The van der Waals surface area contributed by atoms with Crippen LogP contribution >= 0.6 is 0 Å². The fraction of sp³-hybridized carbons (Fsp3) is 0.696. The van der Waals surface area contributed by atoms with Crippen LogP contribution < -0.4 is 10.6 Å². The van der Waals surface area contributed by atoms with Crippen molar-refractivity contribution in [3.8, 4) is 0 Å². The van der Waals surface area contributed by atoms with Gasteiger partial charge in [0.2, 0.25) is 10.0 Å². The number of nitrogens with zero attached hydrogens (tertiary/aromatic N) is 3. The van der Waals surface area contributed by atoms with Crippen molar-refractivity contribution in [1.29, 1.82) is 0 Å². The Morgan fingerprint density at radius 1 is 0.968 bits per heavy atom. The van der Waals surface area contributed by atoms with Crippen LogP contribution in [0.15, 0.2) is 34.2 Å². The highest BCUT2D eigenvalue weighted by atomic mass is 32.2. The number of piperidine rings is 1. The first-order chi connectivity index (χ1) is 14.8. The molecule has 0 unspecified atom stereocenters. The molecule has 1 aromatic carbocycles. The van der Waals surface area contributed by atoms with E-state index in [0.29, 0.717) is 24.5 Å². The second kappa shape index (κ2) is 10.8. The molecule has 31 heavy (non-hydrogen) atoms. The van der Waals surface area contributed by atoms with Crippen molar-refractivity contribution in [3.63, 3.8) is 0 Å². The lowest BCUT2D eigenvalue weighted by molar-refractivity contribution is 0.0982. The van der Waals surface area contributed by atoms with E-state index in [1.54, 1.807) is 16.4 Å². The lowest BCUT2D eigenvalue weighted by Gasteiger charge is -2.41. The monoisotopic (exact) mass is 449 g/mol. The van der Waals surface area contributed by atoms with Crippen molar-refractivity contribution >= 4 is 16.0 Å². The number of guanidine groups is 1. The zero-order chi connectivity index (χ0) is 22.3. The molecule has 174 valence electrons. The first kappa shape index (κ1) is 24.0. The van der Waals surface area contributed by atoms with E-state index in [1.807, 2.05) is 12.1 Å². The summed E-state index contributed by atoms with van der Waals surface area (Å²) in [5.74, 6) is 0.793. The maximum absolute atomic E-state index is 12.7. The normalized spacial score (nSPS) is 19.5.